The van der Waals surface area contributed by atoms with Crippen molar-refractivity contribution in [2.45, 2.75) is 45.3 Å². The molecule has 7 nitrogen and oxygen atoms in total. The molecule has 1 aliphatic heterocycles. The number of carbonyl (C=O) groups is 2. The van der Waals surface area contributed by atoms with E-state index in [2.05, 4.69) is 0 Å². The second-order valence-electron chi connectivity index (χ2n) is 6.05. The number of aryl methyl sites for hydroxylation is 1. The molecular formula is C17H26N4O3. The summed E-state index contributed by atoms with van der Waals surface area (Å²) in [4.78, 5) is 40.2. The van der Waals surface area contributed by atoms with Crippen molar-refractivity contribution >= 4 is 11.8 Å². The first-order chi connectivity index (χ1) is 11.5. The summed E-state index contributed by atoms with van der Waals surface area (Å²) in [7, 11) is 0. The molecule has 1 aromatic rings. The molecule has 2 heterocycles. The molecule has 24 heavy (non-hydrogen) atoms. The van der Waals surface area contributed by atoms with Crippen molar-refractivity contribution in [1.29, 1.82) is 0 Å². The van der Waals surface area contributed by atoms with Crippen molar-refractivity contribution < 1.29 is 9.59 Å². The molecule has 0 spiro atoms. The molecule has 1 saturated heterocycles. The number of nitrogens with two attached hydrogens (primary N) is 1. The number of hydrogen-bond donors (Lipinski definition) is 1. The third-order valence-corrected chi connectivity index (χ3v) is 4.48. The van der Waals surface area contributed by atoms with Gasteiger partial charge in [-0.25, -0.2) is 0 Å². The number of hydrogen-bond acceptors (Lipinski definition) is 4. The van der Waals surface area contributed by atoms with Crippen LogP contribution < -0.4 is 11.3 Å². The Morgan fingerprint density at radius 3 is 2.62 bits per heavy atom. The summed E-state index contributed by atoms with van der Waals surface area (Å²) in [6.07, 6.45) is 2.33. The zero-order chi connectivity index (χ0) is 17.7. The smallest absolute Gasteiger partial charge is 0.250 e. The molecule has 0 bridgehead atoms. The largest absolute Gasteiger partial charge is 0.341 e. The van der Waals surface area contributed by atoms with Crippen LogP contribution in [0.15, 0.2) is 29.2 Å². The van der Waals surface area contributed by atoms with Gasteiger partial charge in [0.1, 0.15) is 6.04 Å². The molecule has 0 unspecified atom stereocenters. The molecule has 0 aromatic carbocycles. The fourth-order valence-electron chi connectivity index (χ4n) is 3.13. The minimum absolute atomic E-state index is 0.0434. The Bertz CT molecular complexity index is 639. The number of aromatic nitrogens is 1. The maximum atomic E-state index is 12.6. The lowest BCUT2D eigenvalue weighted by Gasteiger charge is -2.29. The minimum atomic E-state index is -0.486. The quantitative estimate of drug-likeness (QED) is 0.795. The number of pyridine rings is 1. The molecule has 0 aliphatic carbocycles. The van der Waals surface area contributed by atoms with Gasteiger partial charge in [0.2, 0.25) is 11.8 Å². The van der Waals surface area contributed by atoms with E-state index in [9.17, 15) is 14.4 Å². The highest BCUT2D eigenvalue weighted by atomic mass is 16.2. The van der Waals surface area contributed by atoms with Crippen LogP contribution in [0.2, 0.25) is 0 Å². The summed E-state index contributed by atoms with van der Waals surface area (Å²) in [6.45, 7) is 5.76. The van der Waals surface area contributed by atoms with Gasteiger partial charge in [-0.3, -0.25) is 14.4 Å². The van der Waals surface area contributed by atoms with Crippen molar-refractivity contribution in [1.82, 2.24) is 14.4 Å². The maximum Gasteiger partial charge on any atom is 0.250 e. The summed E-state index contributed by atoms with van der Waals surface area (Å²) in [5.74, 6) is -0.178. The summed E-state index contributed by atoms with van der Waals surface area (Å²) < 4.78 is 1.50. The van der Waals surface area contributed by atoms with Gasteiger partial charge in [0.15, 0.2) is 0 Å². The SMILES string of the molecule is CCN(CC)C(=O)[C@@H]1C[C@@H](N)CN1C(=O)CCn1ccccc1=O. The van der Waals surface area contributed by atoms with Gasteiger partial charge in [0.25, 0.3) is 5.56 Å². The maximum absolute atomic E-state index is 12.6. The second-order valence-corrected chi connectivity index (χ2v) is 6.05. The Labute approximate surface area is 142 Å². The lowest BCUT2D eigenvalue weighted by Crippen LogP contribution is -2.48. The first kappa shape index (κ1) is 18.2. The average molecular weight is 334 g/mol. The highest BCUT2D eigenvalue weighted by Gasteiger charge is 2.39. The van der Waals surface area contributed by atoms with Crippen LogP contribution >= 0.6 is 0 Å². The van der Waals surface area contributed by atoms with Gasteiger partial charge in [-0.2, -0.15) is 0 Å². The van der Waals surface area contributed by atoms with E-state index in [0.717, 1.165) is 0 Å². The van der Waals surface area contributed by atoms with Gasteiger partial charge < -0.3 is 20.1 Å². The van der Waals surface area contributed by atoms with E-state index in [-0.39, 0.29) is 29.8 Å². The zero-order valence-electron chi connectivity index (χ0n) is 14.4. The van der Waals surface area contributed by atoms with Crippen molar-refractivity contribution in [2.75, 3.05) is 19.6 Å². The predicted octanol–water partition coefficient (Wildman–Crippen LogP) is 0.0350. The second kappa shape index (κ2) is 8.10. The van der Waals surface area contributed by atoms with Crippen molar-refractivity contribution in [2.24, 2.45) is 5.73 Å². The highest BCUT2D eigenvalue weighted by molar-refractivity contribution is 5.88. The summed E-state index contributed by atoms with van der Waals surface area (Å²) in [6, 6.07) is 4.21. The number of amides is 2. The van der Waals surface area contributed by atoms with E-state index in [1.54, 1.807) is 28.1 Å². The minimum Gasteiger partial charge on any atom is -0.341 e. The van der Waals surface area contributed by atoms with E-state index in [1.807, 2.05) is 13.8 Å². The first-order valence-electron chi connectivity index (χ1n) is 8.47. The summed E-state index contributed by atoms with van der Waals surface area (Å²) in [5.41, 5.74) is 5.85. The van der Waals surface area contributed by atoms with Crippen LogP contribution in [0.4, 0.5) is 0 Å². The van der Waals surface area contributed by atoms with Gasteiger partial charge in [-0.05, 0) is 26.3 Å². The lowest BCUT2D eigenvalue weighted by molar-refractivity contribution is -0.143. The number of likely N-dealkylation sites (tertiary alicyclic amines) is 1. The van der Waals surface area contributed by atoms with Crippen LogP contribution in [0.1, 0.15) is 26.7 Å². The van der Waals surface area contributed by atoms with E-state index in [0.29, 0.717) is 32.6 Å². The molecule has 2 N–H and O–H groups in total. The summed E-state index contributed by atoms with van der Waals surface area (Å²) in [5, 5.41) is 0. The standard InChI is InChI=1S/C17H26N4O3/c1-3-19(4-2)17(24)14-11-13(18)12-21(14)16(23)8-10-20-9-6-5-7-15(20)22/h5-7,9,13-14H,3-4,8,10-12,18H2,1-2H3/t13-,14+/m1/s1. The van der Waals surface area contributed by atoms with Crippen molar-refractivity contribution in [3.05, 3.63) is 34.7 Å². The van der Waals surface area contributed by atoms with Crippen LogP contribution in [0.3, 0.4) is 0 Å². The number of nitrogens with zero attached hydrogens (tertiary/aromatic N) is 3. The average Bonchev–Trinajstić information content (AvgIpc) is 2.97. The van der Waals surface area contributed by atoms with Gasteiger partial charge in [0.05, 0.1) is 0 Å². The van der Waals surface area contributed by atoms with Gasteiger partial charge >= 0.3 is 0 Å². The molecule has 0 saturated carbocycles. The Kier molecular flexibility index (Phi) is 6.14. The van der Waals surface area contributed by atoms with Crippen molar-refractivity contribution in [3.8, 4) is 0 Å². The van der Waals surface area contributed by atoms with Crippen LogP contribution in [-0.2, 0) is 16.1 Å². The van der Waals surface area contributed by atoms with Crippen molar-refractivity contribution in [3.63, 3.8) is 0 Å². The molecule has 1 aliphatic rings. The van der Waals surface area contributed by atoms with Gasteiger partial charge in [0, 0.05) is 50.9 Å². The fourth-order valence-corrected chi connectivity index (χ4v) is 3.13. The molecule has 2 atom stereocenters. The molecule has 1 aromatic heterocycles. The zero-order valence-corrected chi connectivity index (χ0v) is 14.4. The number of likely N-dealkylation sites (N-methyl/N-ethyl adjacent to an activating group) is 1. The molecule has 1 fully saturated rings. The van der Waals surface area contributed by atoms with Gasteiger partial charge in [-0.1, -0.05) is 6.07 Å². The first-order valence-corrected chi connectivity index (χ1v) is 8.47. The van der Waals surface area contributed by atoms with Crippen LogP contribution in [0.5, 0.6) is 0 Å². The monoisotopic (exact) mass is 334 g/mol. The third kappa shape index (κ3) is 4.03. The Balaban J connectivity index is 2.05. The van der Waals surface area contributed by atoms with E-state index in [4.69, 9.17) is 5.73 Å². The third-order valence-electron chi connectivity index (χ3n) is 4.48. The van der Waals surface area contributed by atoms with Gasteiger partial charge in [-0.15, -0.1) is 0 Å². The van der Waals surface area contributed by atoms with E-state index in [1.165, 1.54) is 10.6 Å². The fraction of sp³-hybridized carbons (Fsp3) is 0.588. The van der Waals surface area contributed by atoms with E-state index < -0.39 is 6.04 Å². The van der Waals surface area contributed by atoms with Crippen LogP contribution in [0, 0.1) is 0 Å². The van der Waals surface area contributed by atoms with E-state index >= 15 is 0 Å². The van der Waals surface area contributed by atoms with Crippen LogP contribution in [0.25, 0.3) is 0 Å². The Morgan fingerprint density at radius 2 is 2.00 bits per heavy atom. The van der Waals surface area contributed by atoms with Crippen LogP contribution in [-0.4, -0.2) is 57.9 Å². The molecule has 2 rings (SSSR count). The molecule has 132 valence electrons. The molecule has 7 heteroatoms. The number of rotatable bonds is 6. The summed E-state index contributed by atoms with van der Waals surface area (Å²) >= 11 is 0. The highest BCUT2D eigenvalue weighted by Crippen LogP contribution is 2.20. The Hall–Kier alpha value is -2.15. The predicted molar refractivity (Wildman–Crippen MR) is 91.3 cm³/mol. The number of carbonyl (C=O) groups excluding carboxylic acids is 2. The molecular weight excluding hydrogens is 308 g/mol. The normalized spacial score (nSPS) is 20.2. The topological polar surface area (TPSA) is 88.6 Å². The molecule has 0 radical (unpaired) electrons. The lowest BCUT2D eigenvalue weighted by atomic mass is 10.1. The Morgan fingerprint density at radius 1 is 1.29 bits per heavy atom. The molecule has 2 amide bonds.